The molecule has 3 fully saturated rings. The molecule has 1 aromatic rings. The summed E-state index contributed by atoms with van der Waals surface area (Å²) >= 11 is 0. The lowest BCUT2D eigenvalue weighted by Gasteiger charge is -2.33. The first-order valence-electron chi connectivity index (χ1n) is 10.8. The van der Waals surface area contributed by atoms with E-state index in [0.29, 0.717) is 50.0 Å². The van der Waals surface area contributed by atoms with E-state index in [1.165, 1.54) is 10.4 Å². The van der Waals surface area contributed by atoms with Crippen molar-refractivity contribution in [3.05, 3.63) is 23.8 Å². The Labute approximate surface area is 182 Å². The van der Waals surface area contributed by atoms with E-state index in [4.69, 9.17) is 0 Å². The van der Waals surface area contributed by atoms with Crippen LogP contribution in [0.1, 0.15) is 50.5 Å². The molecule has 3 N–H and O–H groups in total. The molecule has 2 aliphatic heterocycles. The van der Waals surface area contributed by atoms with E-state index in [9.17, 15) is 22.8 Å². The second kappa shape index (κ2) is 8.23. The summed E-state index contributed by atoms with van der Waals surface area (Å²) in [5, 5.41) is 7.79. The molecule has 9 nitrogen and oxygen atoms in total. The highest BCUT2D eigenvalue weighted by Crippen LogP contribution is 2.35. The molecule has 2 heterocycles. The van der Waals surface area contributed by atoms with Crippen LogP contribution in [0.4, 0.5) is 10.5 Å². The number of sulfonamides is 1. The maximum Gasteiger partial charge on any atom is 0.322 e. The Morgan fingerprint density at radius 1 is 1.13 bits per heavy atom. The van der Waals surface area contributed by atoms with E-state index >= 15 is 0 Å². The third kappa shape index (κ3) is 4.18. The van der Waals surface area contributed by atoms with E-state index in [1.54, 1.807) is 19.1 Å². The Bertz CT molecular complexity index is 1010. The summed E-state index contributed by atoms with van der Waals surface area (Å²) in [5.41, 5.74) is 0.178. The second-order valence-electron chi connectivity index (χ2n) is 8.70. The summed E-state index contributed by atoms with van der Waals surface area (Å²) in [6, 6.07) is 4.46. The molecule has 4 amide bonds. The molecule has 168 valence electrons. The van der Waals surface area contributed by atoms with Gasteiger partial charge in [0.1, 0.15) is 5.54 Å². The number of nitrogens with zero attached hydrogens (tertiary/aromatic N) is 1. The normalized spacial score (nSPS) is 27.1. The van der Waals surface area contributed by atoms with Crippen molar-refractivity contribution in [3.63, 3.8) is 0 Å². The Kier molecular flexibility index (Phi) is 5.78. The van der Waals surface area contributed by atoms with Crippen LogP contribution in [0.5, 0.6) is 0 Å². The fraction of sp³-hybridized carbons (Fsp3) is 0.571. The van der Waals surface area contributed by atoms with Crippen molar-refractivity contribution in [2.24, 2.45) is 5.92 Å². The molecule has 1 saturated carbocycles. The van der Waals surface area contributed by atoms with Gasteiger partial charge in [-0.25, -0.2) is 13.2 Å². The molecule has 0 unspecified atom stereocenters. The van der Waals surface area contributed by atoms with E-state index in [-0.39, 0.29) is 22.6 Å². The molecule has 2 saturated heterocycles. The number of hydrogen-bond donors (Lipinski definition) is 3. The third-order valence-corrected chi connectivity index (χ3v) is 8.65. The highest BCUT2D eigenvalue weighted by atomic mass is 32.2. The van der Waals surface area contributed by atoms with Crippen molar-refractivity contribution >= 4 is 33.6 Å². The van der Waals surface area contributed by atoms with Crippen LogP contribution in [0.2, 0.25) is 0 Å². The molecule has 0 atom stereocenters. The number of hydrogen-bond acceptors (Lipinski definition) is 5. The number of amides is 4. The lowest BCUT2D eigenvalue weighted by Crippen LogP contribution is -2.50. The van der Waals surface area contributed by atoms with Crippen LogP contribution in [0.25, 0.3) is 0 Å². The van der Waals surface area contributed by atoms with Crippen LogP contribution in [0.15, 0.2) is 23.1 Å². The maximum atomic E-state index is 13.1. The Morgan fingerprint density at radius 3 is 2.42 bits per heavy atom. The predicted octanol–water partition coefficient (Wildman–Crippen LogP) is 1.88. The first-order chi connectivity index (χ1) is 14.7. The SMILES string of the molecule is Cc1ccc(NC(=O)C2CCC3(CC2)NC(=O)NC3=O)cc1S(=O)(=O)N1CCCCC1. The minimum absolute atomic E-state index is 0.204. The van der Waals surface area contributed by atoms with Crippen LogP contribution < -0.4 is 16.0 Å². The zero-order chi connectivity index (χ0) is 22.2. The van der Waals surface area contributed by atoms with Gasteiger partial charge in [-0.15, -0.1) is 0 Å². The van der Waals surface area contributed by atoms with Crippen LogP contribution in [0, 0.1) is 12.8 Å². The van der Waals surface area contributed by atoms with Gasteiger partial charge in [0.15, 0.2) is 0 Å². The van der Waals surface area contributed by atoms with Crippen molar-refractivity contribution in [3.8, 4) is 0 Å². The Balaban J connectivity index is 1.44. The standard InChI is InChI=1S/C21H28N4O5S/c1-14-5-6-16(13-17(14)31(29,30)25-11-3-2-4-12-25)22-18(26)15-7-9-21(10-8-15)19(27)23-20(28)24-21/h5-6,13,15H,2-4,7-12H2,1H3,(H,22,26)(H2,23,24,27,28). The van der Waals surface area contributed by atoms with Gasteiger partial charge in [0.2, 0.25) is 15.9 Å². The van der Waals surface area contributed by atoms with E-state index < -0.39 is 21.6 Å². The van der Waals surface area contributed by atoms with Crippen molar-refractivity contribution < 1.29 is 22.8 Å². The first-order valence-corrected chi connectivity index (χ1v) is 12.2. The molecular formula is C21H28N4O5S. The summed E-state index contributed by atoms with van der Waals surface area (Å²) in [5.74, 6) is -0.841. The molecule has 10 heteroatoms. The van der Waals surface area contributed by atoms with E-state index in [0.717, 1.165) is 19.3 Å². The fourth-order valence-electron chi connectivity index (χ4n) is 4.70. The first kappa shape index (κ1) is 21.8. The molecule has 0 bridgehead atoms. The quantitative estimate of drug-likeness (QED) is 0.607. The summed E-state index contributed by atoms with van der Waals surface area (Å²) in [6.45, 7) is 2.79. The van der Waals surface area contributed by atoms with Gasteiger partial charge in [0.25, 0.3) is 5.91 Å². The van der Waals surface area contributed by atoms with Gasteiger partial charge in [-0.3, -0.25) is 14.9 Å². The average Bonchev–Trinajstić information content (AvgIpc) is 3.02. The number of rotatable bonds is 4. The van der Waals surface area contributed by atoms with Gasteiger partial charge in [0.05, 0.1) is 4.90 Å². The zero-order valence-corrected chi connectivity index (χ0v) is 18.4. The number of urea groups is 1. The molecule has 3 aliphatic rings. The molecule has 1 aliphatic carbocycles. The van der Waals surface area contributed by atoms with Gasteiger partial charge in [-0.1, -0.05) is 12.5 Å². The van der Waals surface area contributed by atoms with Crippen LogP contribution in [-0.4, -0.2) is 49.2 Å². The van der Waals surface area contributed by atoms with Gasteiger partial charge < -0.3 is 10.6 Å². The lowest BCUT2D eigenvalue weighted by atomic mass is 9.76. The molecular weight excluding hydrogens is 420 g/mol. The zero-order valence-electron chi connectivity index (χ0n) is 17.6. The fourth-order valence-corrected chi connectivity index (χ4v) is 6.47. The number of anilines is 1. The minimum Gasteiger partial charge on any atom is -0.326 e. The minimum atomic E-state index is -3.61. The molecule has 0 radical (unpaired) electrons. The molecule has 1 aromatic carbocycles. The van der Waals surface area contributed by atoms with Crippen molar-refractivity contribution in [1.29, 1.82) is 0 Å². The van der Waals surface area contributed by atoms with Crippen molar-refractivity contribution in [1.82, 2.24) is 14.9 Å². The molecule has 1 spiro atoms. The maximum absolute atomic E-state index is 13.1. The van der Waals surface area contributed by atoms with Gasteiger partial charge >= 0.3 is 6.03 Å². The van der Waals surface area contributed by atoms with E-state index in [2.05, 4.69) is 16.0 Å². The second-order valence-corrected chi connectivity index (χ2v) is 10.6. The molecule has 31 heavy (non-hydrogen) atoms. The largest absolute Gasteiger partial charge is 0.326 e. The highest BCUT2D eigenvalue weighted by molar-refractivity contribution is 7.89. The number of piperidine rings is 1. The van der Waals surface area contributed by atoms with Crippen molar-refractivity contribution in [2.45, 2.75) is 62.3 Å². The number of carbonyl (C=O) groups excluding carboxylic acids is 3. The summed E-state index contributed by atoms with van der Waals surface area (Å²) in [6.07, 6.45) is 4.47. The number of imide groups is 1. The smallest absolute Gasteiger partial charge is 0.322 e. The van der Waals surface area contributed by atoms with Gasteiger partial charge in [0, 0.05) is 24.7 Å². The molecule has 0 aromatic heterocycles. The number of benzene rings is 1. The van der Waals surface area contributed by atoms with Crippen molar-refractivity contribution in [2.75, 3.05) is 18.4 Å². The predicted molar refractivity (Wildman–Crippen MR) is 114 cm³/mol. The topological polar surface area (TPSA) is 125 Å². The lowest BCUT2D eigenvalue weighted by molar-refractivity contribution is -0.128. The van der Waals surface area contributed by atoms with E-state index in [1.807, 2.05) is 0 Å². The van der Waals surface area contributed by atoms with Crippen LogP contribution >= 0.6 is 0 Å². The van der Waals surface area contributed by atoms with Crippen LogP contribution in [-0.2, 0) is 19.6 Å². The Morgan fingerprint density at radius 2 is 1.81 bits per heavy atom. The van der Waals surface area contributed by atoms with Gasteiger partial charge in [-0.2, -0.15) is 4.31 Å². The summed E-state index contributed by atoms with van der Waals surface area (Å²) in [7, 11) is -3.61. The van der Waals surface area contributed by atoms with Gasteiger partial charge in [-0.05, 0) is 63.1 Å². The molecule has 4 rings (SSSR count). The Hall–Kier alpha value is -2.46. The number of aryl methyl sites for hydroxylation is 1. The summed E-state index contributed by atoms with van der Waals surface area (Å²) < 4.78 is 27.7. The average molecular weight is 449 g/mol. The highest BCUT2D eigenvalue weighted by Gasteiger charge is 2.48. The number of carbonyl (C=O) groups is 3. The monoisotopic (exact) mass is 448 g/mol. The third-order valence-electron chi connectivity index (χ3n) is 6.61. The van der Waals surface area contributed by atoms with Crippen LogP contribution in [0.3, 0.4) is 0 Å². The number of nitrogens with one attached hydrogen (secondary N) is 3. The summed E-state index contributed by atoms with van der Waals surface area (Å²) in [4.78, 5) is 36.6.